The second kappa shape index (κ2) is 7.65. The van der Waals surface area contributed by atoms with Crippen LogP contribution in [0, 0.1) is 0 Å². The van der Waals surface area contributed by atoms with Crippen molar-refractivity contribution in [2.24, 2.45) is 5.14 Å². The summed E-state index contributed by atoms with van der Waals surface area (Å²) < 4.78 is 26.5. The van der Waals surface area contributed by atoms with Gasteiger partial charge in [-0.1, -0.05) is 30.3 Å². The van der Waals surface area contributed by atoms with Crippen molar-refractivity contribution in [3.8, 4) is 16.9 Å². The maximum atomic E-state index is 11.2. The minimum Gasteiger partial charge on any atom is -0.481 e. The van der Waals surface area contributed by atoms with Crippen LogP contribution in [-0.2, 0) is 21.4 Å². The topological polar surface area (TPSA) is 114 Å². The molecule has 140 valence electrons. The standard InChI is InChI=1S/C19H19N3O4S/c20-27(25,26)21-15-6-8-16(9-7-15)22-17(11-13-19(23)24)10-12-18(22)14-4-2-1-3-5-14/h1-10,12,21H,11,13H2,(H,23,24)(H2,20,25,26). The lowest BCUT2D eigenvalue weighted by atomic mass is 10.1. The zero-order valence-electron chi connectivity index (χ0n) is 14.4. The number of carbonyl (C=O) groups is 1. The zero-order valence-corrected chi connectivity index (χ0v) is 15.2. The van der Waals surface area contributed by atoms with Crippen LogP contribution in [0.25, 0.3) is 16.9 Å². The third-order valence-corrected chi connectivity index (χ3v) is 4.53. The largest absolute Gasteiger partial charge is 0.481 e. The van der Waals surface area contributed by atoms with E-state index in [9.17, 15) is 13.2 Å². The van der Waals surface area contributed by atoms with Gasteiger partial charge in [0.15, 0.2) is 0 Å². The number of hydrogen-bond donors (Lipinski definition) is 3. The van der Waals surface area contributed by atoms with Gasteiger partial charge in [-0.2, -0.15) is 8.42 Å². The molecule has 0 amide bonds. The normalized spacial score (nSPS) is 11.3. The number of anilines is 1. The molecule has 0 aliphatic carbocycles. The summed E-state index contributed by atoms with van der Waals surface area (Å²) in [4.78, 5) is 11.0. The first-order valence-electron chi connectivity index (χ1n) is 8.22. The van der Waals surface area contributed by atoms with E-state index in [2.05, 4.69) is 4.72 Å². The second-order valence-corrected chi connectivity index (χ2v) is 7.29. The summed E-state index contributed by atoms with van der Waals surface area (Å²) in [5.74, 6) is -0.864. The van der Waals surface area contributed by atoms with Crippen LogP contribution in [-0.4, -0.2) is 24.1 Å². The Hall–Kier alpha value is -3.10. The summed E-state index contributed by atoms with van der Waals surface area (Å²) in [6.45, 7) is 0. The molecule has 0 radical (unpaired) electrons. The number of hydrogen-bond acceptors (Lipinski definition) is 3. The van der Waals surface area contributed by atoms with E-state index in [1.165, 1.54) is 0 Å². The molecular formula is C19H19N3O4S. The maximum absolute atomic E-state index is 11.2. The quantitative estimate of drug-likeness (QED) is 0.580. The van der Waals surface area contributed by atoms with Crippen LogP contribution < -0.4 is 9.86 Å². The minimum atomic E-state index is -3.84. The first kappa shape index (κ1) is 18.7. The van der Waals surface area contributed by atoms with Crippen LogP contribution in [0.5, 0.6) is 0 Å². The molecule has 7 nitrogen and oxygen atoms in total. The molecular weight excluding hydrogens is 366 g/mol. The Morgan fingerprint density at radius 2 is 1.67 bits per heavy atom. The van der Waals surface area contributed by atoms with Gasteiger partial charge in [-0.25, -0.2) is 5.14 Å². The van der Waals surface area contributed by atoms with Crippen molar-refractivity contribution in [2.45, 2.75) is 12.8 Å². The molecule has 27 heavy (non-hydrogen) atoms. The first-order chi connectivity index (χ1) is 12.8. The molecule has 3 rings (SSSR count). The molecule has 0 aliphatic heterocycles. The van der Waals surface area contributed by atoms with Crippen molar-refractivity contribution < 1.29 is 18.3 Å². The molecule has 0 unspecified atom stereocenters. The molecule has 0 saturated heterocycles. The number of carboxylic acids is 1. The second-order valence-electron chi connectivity index (χ2n) is 6.00. The summed E-state index contributed by atoms with van der Waals surface area (Å²) in [5.41, 5.74) is 3.90. The van der Waals surface area contributed by atoms with Gasteiger partial charge in [-0.15, -0.1) is 0 Å². The number of aliphatic carboxylic acids is 1. The molecule has 8 heteroatoms. The Kier molecular flexibility index (Phi) is 5.29. The Morgan fingerprint density at radius 1 is 1.00 bits per heavy atom. The van der Waals surface area contributed by atoms with Crippen LogP contribution in [0.3, 0.4) is 0 Å². The molecule has 0 spiro atoms. The molecule has 2 aromatic carbocycles. The van der Waals surface area contributed by atoms with Crippen LogP contribution in [0.2, 0.25) is 0 Å². The van der Waals surface area contributed by atoms with Gasteiger partial charge in [0, 0.05) is 17.1 Å². The van der Waals surface area contributed by atoms with Crippen LogP contribution in [0.15, 0.2) is 66.7 Å². The molecule has 3 aromatic rings. The van der Waals surface area contributed by atoms with Crippen molar-refractivity contribution in [1.82, 2.24) is 4.57 Å². The van der Waals surface area contributed by atoms with Crippen molar-refractivity contribution in [2.75, 3.05) is 4.72 Å². The highest BCUT2D eigenvalue weighted by Gasteiger charge is 2.13. The number of nitrogens with zero attached hydrogens (tertiary/aromatic N) is 1. The molecule has 1 heterocycles. The van der Waals surface area contributed by atoms with Crippen molar-refractivity contribution in [1.29, 1.82) is 0 Å². The number of rotatable bonds is 7. The molecule has 0 aliphatic rings. The van der Waals surface area contributed by atoms with Crippen LogP contribution >= 0.6 is 0 Å². The number of aromatic nitrogens is 1. The Balaban J connectivity index is 2.03. The SMILES string of the molecule is NS(=O)(=O)Nc1ccc(-n2c(CCC(=O)O)ccc2-c2ccccc2)cc1. The highest BCUT2D eigenvalue weighted by molar-refractivity contribution is 7.90. The zero-order chi connectivity index (χ0) is 19.4. The Bertz CT molecular complexity index is 1040. The molecule has 0 fully saturated rings. The van der Waals surface area contributed by atoms with Gasteiger partial charge in [-0.3, -0.25) is 9.52 Å². The summed E-state index contributed by atoms with van der Waals surface area (Å²) in [6, 6.07) is 20.3. The van der Waals surface area contributed by atoms with E-state index in [1.807, 2.05) is 47.0 Å². The molecule has 1 aromatic heterocycles. The number of nitrogens with two attached hydrogens (primary N) is 1. The fraction of sp³-hybridized carbons (Fsp3) is 0.105. The maximum Gasteiger partial charge on any atom is 0.303 e. The fourth-order valence-electron chi connectivity index (χ4n) is 2.89. The van der Waals surface area contributed by atoms with E-state index in [0.717, 1.165) is 22.6 Å². The third kappa shape index (κ3) is 4.75. The van der Waals surface area contributed by atoms with Gasteiger partial charge in [0.2, 0.25) is 0 Å². The average molecular weight is 385 g/mol. The Labute approximate surface area is 157 Å². The lowest BCUT2D eigenvalue weighted by Gasteiger charge is -2.14. The predicted molar refractivity (Wildman–Crippen MR) is 104 cm³/mol. The van der Waals surface area contributed by atoms with Gasteiger partial charge in [0.05, 0.1) is 12.1 Å². The molecule has 0 atom stereocenters. The highest BCUT2D eigenvalue weighted by Crippen LogP contribution is 2.28. The third-order valence-electron chi connectivity index (χ3n) is 4.01. The van der Waals surface area contributed by atoms with Crippen molar-refractivity contribution in [3.63, 3.8) is 0 Å². The lowest BCUT2D eigenvalue weighted by Crippen LogP contribution is -2.21. The monoisotopic (exact) mass is 385 g/mol. The number of nitrogens with one attached hydrogen (secondary N) is 1. The average Bonchev–Trinajstić information content (AvgIpc) is 3.04. The van der Waals surface area contributed by atoms with Gasteiger partial charge in [-0.05, 0) is 48.4 Å². The molecule has 4 N–H and O–H groups in total. The van der Waals surface area contributed by atoms with Crippen molar-refractivity contribution in [3.05, 3.63) is 72.4 Å². The number of benzene rings is 2. The number of aryl methyl sites for hydroxylation is 1. The lowest BCUT2D eigenvalue weighted by molar-refractivity contribution is -0.136. The fourth-order valence-corrected chi connectivity index (χ4v) is 3.36. The van der Waals surface area contributed by atoms with E-state index in [0.29, 0.717) is 12.1 Å². The first-order valence-corrected chi connectivity index (χ1v) is 9.77. The minimum absolute atomic E-state index is 0.0172. The highest BCUT2D eigenvalue weighted by atomic mass is 32.2. The van der Waals surface area contributed by atoms with E-state index in [1.54, 1.807) is 24.3 Å². The van der Waals surface area contributed by atoms with Crippen molar-refractivity contribution >= 4 is 21.9 Å². The van der Waals surface area contributed by atoms with Crippen LogP contribution in [0.4, 0.5) is 5.69 Å². The van der Waals surface area contributed by atoms with E-state index >= 15 is 0 Å². The van der Waals surface area contributed by atoms with Gasteiger partial charge in [0.1, 0.15) is 0 Å². The van der Waals surface area contributed by atoms with E-state index in [-0.39, 0.29) is 6.42 Å². The van der Waals surface area contributed by atoms with Gasteiger partial charge < -0.3 is 9.67 Å². The van der Waals surface area contributed by atoms with E-state index in [4.69, 9.17) is 10.2 Å². The predicted octanol–water partition coefficient (Wildman–Crippen LogP) is 2.78. The smallest absolute Gasteiger partial charge is 0.303 e. The summed E-state index contributed by atoms with van der Waals surface area (Å²) in [6.07, 6.45) is 0.392. The molecule has 0 bridgehead atoms. The summed E-state index contributed by atoms with van der Waals surface area (Å²) >= 11 is 0. The van der Waals surface area contributed by atoms with Gasteiger partial charge in [0.25, 0.3) is 10.2 Å². The van der Waals surface area contributed by atoms with E-state index < -0.39 is 16.2 Å². The van der Waals surface area contributed by atoms with Crippen LogP contribution in [0.1, 0.15) is 12.1 Å². The Morgan fingerprint density at radius 3 is 2.26 bits per heavy atom. The van der Waals surface area contributed by atoms with Gasteiger partial charge >= 0.3 is 5.97 Å². The molecule has 0 saturated carbocycles. The number of carboxylic acid groups (broad SMARTS) is 1. The summed E-state index contributed by atoms with van der Waals surface area (Å²) in [5, 5.41) is 14.0. The summed E-state index contributed by atoms with van der Waals surface area (Å²) in [7, 11) is -3.84.